The largest absolute Gasteiger partial charge is 0.481 e. The fourth-order valence-electron chi connectivity index (χ4n) is 2.69. The van der Waals surface area contributed by atoms with E-state index in [1.54, 1.807) is 30.3 Å². The van der Waals surface area contributed by atoms with Gasteiger partial charge in [-0.2, -0.15) is 5.10 Å². The first-order valence-corrected chi connectivity index (χ1v) is 8.28. The zero-order valence-electron chi connectivity index (χ0n) is 14.0. The van der Waals surface area contributed by atoms with Crippen LogP contribution < -0.4 is 5.32 Å². The minimum Gasteiger partial charge on any atom is -0.481 e. The molecule has 2 aromatic carbocycles. The number of carboxylic acids is 1. The number of nitrogens with one attached hydrogen (secondary N) is 2. The Kier molecular flexibility index (Phi) is 5.26. The number of rotatable bonds is 7. The van der Waals surface area contributed by atoms with Gasteiger partial charge < -0.3 is 10.4 Å². The van der Waals surface area contributed by atoms with Gasteiger partial charge in [0.15, 0.2) is 0 Å². The molecule has 0 aliphatic rings. The number of fused-ring (bicyclic) bond motifs is 1. The molecule has 0 aliphatic heterocycles. The van der Waals surface area contributed by atoms with E-state index in [2.05, 4.69) is 15.5 Å². The Morgan fingerprint density at radius 2 is 1.88 bits per heavy atom. The van der Waals surface area contributed by atoms with Crippen molar-refractivity contribution in [2.75, 3.05) is 6.54 Å². The third-order valence-electron chi connectivity index (χ3n) is 4.05. The van der Waals surface area contributed by atoms with Crippen LogP contribution in [0, 0.1) is 5.82 Å². The van der Waals surface area contributed by atoms with Crippen LogP contribution in [-0.2, 0) is 4.79 Å². The molecule has 0 radical (unpaired) electrons. The highest BCUT2D eigenvalue weighted by molar-refractivity contribution is 6.01. The van der Waals surface area contributed by atoms with Crippen molar-refractivity contribution in [1.29, 1.82) is 0 Å². The van der Waals surface area contributed by atoms with Gasteiger partial charge in [0.1, 0.15) is 5.82 Å². The summed E-state index contributed by atoms with van der Waals surface area (Å²) in [4.78, 5) is 22.8. The summed E-state index contributed by atoms with van der Waals surface area (Å²) < 4.78 is 13.1. The number of nitrogens with zero attached hydrogens (tertiary/aromatic N) is 1. The Labute approximate surface area is 149 Å². The van der Waals surface area contributed by atoms with Gasteiger partial charge in [-0.1, -0.05) is 0 Å². The second-order valence-corrected chi connectivity index (χ2v) is 5.95. The maximum Gasteiger partial charge on any atom is 0.303 e. The first-order chi connectivity index (χ1) is 12.5. The van der Waals surface area contributed by atoms with Crippen LogP contribution in [0.4, 0.5) is 4.39 Å². The van der Waals surface area contributed by atoms with Crippen LogP contribution in [0.3, 0.4) is 0 Å². The lowest BCUT2D eigenvalue weighted by Crippen LogP contribution is -2.24. The summed E-state index contributed by atoms with van der Waals surface area (Å²) in [6.45, 7) is 0.417. The Morgan fingerprint density at radius 3 is 2.62 bits per heavy atom. The predicted octanol–water partition coefficient (Wildman–Crippen LogP) is 3.35. The molecule has 3 aromatic rings. The van der Waals surface area contributed by atoms with Crippen molar-refractivity contribution in [3.8, 4) is 11.3 Å². The molecule has 0 bridgehead atoms. The molecule has 0 spiro atoms. The second kappa shape index (κ2) is 7.77. The normalized spacial score (nSPS) is 10.8. The number of carboxylic acid groups (broad SMARTS) is 1. The van der Waals surface area contributed by atoms with Gasteiger partial charge in [-0.15, -0.1) is 0 Å². The van der Waals surface area contributed by atoms with Gasteiger partial charge in [-0.25, -0.2) is 4.39 Å². The number of aliphatic carboxylic acids is 1. The van der Waals surface area contributed by atoms with Crippen LogP contribution in [0.2, 0.25) is 0 Å². The molecular weight excluding hydrogens is 337 g/mol. The predicted molar refractivity (Wildman–Crippen MR) is 95.3 cm³/mol. The van der Waals surface area contributed by atoms with Gasteiger partial charge in [-0.3, -0.25) is 14.7 Å². The molecule has 0 saturated heterocycles. The highest BCUT2D eigenvalue weighted by atomic mass is 19.1. The van der Waals surface area contributed by atoms with Gasteiger partial charge in [0.25, 0.3) is 5.91 Å². The van der Waals surface area contributed by atoms with E-state index >= 15 is 0 Å². The van der Waals surface area contributed by atoms with E-state index in [-0.39, 0.29) is 18.1 Å². The van der Waals surface area contributed by atoms with Crippen molar-refractivity contribution < 1.29 is 19.1 Å². The summed E-state index contributed by atoms with van der Waals surface area (Å²) in [6.07, 6.45) is 1.22. The van der Waals surface area contributed by atoms with Gasteiger partial charge in [0.05, 0.1) is 11.2 Å². The summed E-state index contributed by atoms with van der Waals surface area (Å²) in [7, 11) is 0. The third kappa shape index (κ3) is 4.05. The molecule has 0 saturated carbocycles. The maximum absolute atomic E-state index is 13.1. The lowest BCUT2D eigenvalue weighted by Gasteiger charge is -2.05. The Morgan fingerprint density at radius 1 is 1.12 bits per heavy atom. The summed E-state index contributed by atoms with van der Waals surface area (Å²) >= 11 is 0. The average molecular weight is 355 g/mol. The van der Waals surface area contributed by atoms with Crippen molar-refractivity contribution in [3.63, 3.8) is 0 Å². The van der Waals surface area contributed by atoms with Crippen LogP contribution in [-0.4, -0.2) is 33.7 Å². The highest BCUT2D eigenvalue weighted by Gasteiger charge is 2.12. The molecule has 0 aliphatic carbocycles. The van der Waals surface area contributed by atoms with Gasteiger partial charge in [-0.05, 0) is 55.3 Å². The molecule has 0 unspecified atom stereocenters. The lowest BCUT2D eigenvalue weighted by molar-refractivity contribution is -0.137. The van der Waals surface area contributed by atoms with Gasteiger partial charge in [0, 0.05) is 29.5 Å². The Bertz CT molecular complexity index is 935. The number of aromatic amines is 1. The van der Waals surface area contributed by atoms with E-state index in [9.17, 15) is 14.0 Å². The summed E-state index contributed by atoms with van der Waals surface area (Å²) in [6, 6.07) is 11.2. The highest BCUT2D eigenvalue weighted by Crippen LogP contribution is 2.27. The standard InChI is InChI=1S/C19H18FN3O3/c20-14-7-4-12(5-8-14)18-15-11-13(6-9-16(15)22-23-18)19(26)21-10-2-1-3-17(24)25/h4-9,11H,1-3,10H2,(H,21,26)(H,22,23)(H,24,25). The molecule has 0 fully saturated rings. The number of unbranched alkanes of at least 4 members (excludes halogenated alkanes) is 1. The summed E-state index contributed by atoms with van der Waals surface area (Å²) in [5, 5.41) is 19.3. The first kappa shape index (κ1) is 17.6. The zero-order chi connectivity index (χ0) is 18.5. The molecule has 7 heteroatoms. The van der Waals surface area contributed by atoms with Crippen molar-refractivity contribution in [2.45, 2.75) is 19.3 Å². The van der Waals surface area contributed by atoms with Crippen LogP contribution in [0.5, 0.6) is 0 Å². The number of hydrogen-bond acceptors (Lipinski definition) is 3. The monoisotopic (exact) mass is 355 g/mol. The number of carbonyl (C=O) groups excluding carboxylic acids is 1. The van der Waals surface area contributed by atoms with E-state index in [0.717, 1.165) is 16.5 Å². The van der Waals surface area contributed by atoms with E-state index in [1.165, 1.54) is 12.1 Å². The van der Waals surface area contributed by atoms with Crippen molar-refractivity contribution in [2.24, 2.45) is 0 Å². The molecule has 1 aromatic heterocycles. The van der Waals surface area contributed by atoms with E-state index in [4.69, 9.17) is 5.11 Å². The van der Waals surface area contributed by atoms with E-state index < -0.39 is 5.97 Å². The second-order valence-electron chi connectivity index (χ2n) is 5.95. The topological polar surface area (TPSA) is 95.1 Å². The number of benzene rings is 2. The average Bonchev–Trinajstić information content (AvgIpc) is 3.05. The van der Waals surface area contributed by atoms with Crippen molar-refractivity contribution >= 4 is 22.8 Å². The quantitative estimate of drug-likeness (QED) is 0.566. The number of carbonyl (C=O) groups is 2. The minimum atomic E-state index is -0.838. The molecule has 3 N–H and O–H groups in total. The van der Waals surface area contributed by atoms with Crippen molar-refractivity contribution in [1.82, 2.24) is 15.5 Å². The molecule has 1 amide bonds. The lowest BCUT2D eigenvalue weighted by atomic mass is 10.1. The number of hydrogen-bond donors (Lipinski definition) is 3. The van der Waals surface area contributed by atoms with Gasteiger partial charge in [0.2, 0.25) is 0 Å². The molecule has 6 nitrogen and oxygen atoms in total. The Hall–Kier alpha value is -3.22. The van der Waals surface area contributed by atoms with Crippen LogP contribution in [0.25, 0.3) is 22.2 Å². The van der Waals surface area contributed by atoms with Crippen LogP contribution in [0.1, 0.15) is 29.6 Å². The molecule has 1 heterocycles. The Balaban J connectivity index is 1.74. The molecule has 26 heavy (non-hydrogen) atoms. The van der Waals surface area contributed by atoms with Crippen LogP contribution >= 0.6 is 0 Å². The number of halogens is 1. The summed E-state index contributed by atoms with van der Waals surface area (Å²) in [5.41, 5.74) is 2.67. The minimum absolute atomic E-state index is 0.0951. The van der Waals surface area contributed by atoms with E-state index in [0.29, 0.717) is 30.6 Å². The fraction of sp³-hybridized carbons (Fsp3) is 0.211. The van der Waals surface area contributed by atoms with Gasteiger partial charge >= 0.3 is 5.97 Å². The van der Waals surface area contributed by atoms with Crippen LogP contribution in [0.15, 0.2) is 42.5 Å². The molecule has 3 rings (SSSR count). The number of aromatic nitrogens is 2. The third-order valence-corrected chi connectivity index (χ3v) is 4.05. The van der Waals surface area contributed by atoms with Crippen molar-refractivity contribution in [3.05, 3.63) is 53.8 Å². The number of H-pyrrole nitrogens is 1. The molecule has 0 atom stereocenters. The number of amides is 1. The fourth-order valence-corrected chi connectivity index (χ4v) is 2.69. The van der Waals surface area contributed by atoms with E-state index in [1.807, 2.05) is 0 Å². The summed E-state index contributed by atoms with van der Waals surface area (Å²) in [5.74, 6) is -1.39. The zero-order valence-corrected chi connectivity index (χ0v) is 14.0. The molecule has 134 valence electrons. The maximum atomic E-state index is 13.1. The molecular formula is C19H18FN3O3. The smallest absolute Gasteiger partial charge is 0.303 e. The SMILES string of the molecule is O=C(O)CCCCNC(=O)c1ccc2[nH]nc(-c3ccc(F)cc3)c2c1. The first-order valence-electron chi connectivity index (χ1n) is 8.28.